The number of carbonyl (C=O) groups is 1. The molecule has 3 rings (SSSR count). The number of rotatable bonds is 3. The minimum absolute atomic E-state index is 0.0268. The van der Waals surface area contributed by atoms with Crippen molar-refractivity contribution in [2.75, 3.05) is 0 Å². The zero-order chi connectivity index (χ0) is 11.0. The molecule has 3 heteroatoms. The van der Waals surface area contributed by atoms with E-state index in [1.54, 1.807) is 11.3 Å². The molecule has 0 spiro atoms. The molecule has 0 amide bonds. The molecule has 1 saturated heterocycles. The van der Waals surface area contributed by atoms with Gasteiger partial charge >= 0.3 is 0 Å². The van der Waals surface area contributed by atoms with E-state index in [2.05, 4.69) is 11.4 Å². The first-order chi connectivity index (χ1) is 7.86. The maximum atomic E-state index is 12.1. The van der Waals surface area contributed by atoms with Crippen LogP contribution in [0.5, 0.6) is 0 Å². The number of Topliss-reactive ketones (excluding diaryl/α,β-unsaturated/α-hetero) is 1. The van der Waals surface area contributed by atoms with Crippen LogP contribution in [0.1, 0.15) is 21.3 Å². The third-order valence-electron chi connectivity index (χ3n) is 2.77. The van der Waals surface area contributed by atoms with Crippen LogP contribution in [-0.4, -0.2) is 11.8 Å². The van der Waals surface area contributed by atoms with Gasteiger partial charge in [0.2, 0.25) is 0 Å². The van der Waals surface area contributed by atoms with Gasteiger partial charge in [0.15, 0.2) is 5.78 Å². The largest absolute Gasteiger partial charge is 0.296 e. The second-order valence-electron chi connectivity index (χ2n) is 3.87. The summed E-state index contributed by atoms with van der Waals surface area (Å²) in [5, 5.41) is 5.27. The molecule has 1 aliphatic rings. The predicted molar refractivity (Wildman–Crippen MR) is 64.8 cm³/mol. The van der Waals surface area contributed by atoms with Crippen molar-refractivity contribution in [2.24, 2.45) is 0 Å². The lowest BCUT2D eigenvalue weighted by Crippen LogP contribution is -2.09. The summed E-state index contributed by atoms with van der Waals surface area (Å²) < 4.78 is 0. The van der Waals surface area contributed by atoms with Crippen LogP contribution in [-0.2, 0) is 0 Å². The highest BCUT2D eigenvalue weighted by molar-refractivity contribution is 7.10. The molecule has 2 atom stereocenters. The van der Waals surface area contributed by atoms with Gasteiger partial charge in [0.1, 0.15) is 0 Å². The monoisotopic (exact) mass is 229 g/mol. The Bertz CT molecular complexity index is 492. The molecule has 1 aliphatic heterocycles. The van der Waals surface area contributed by atoms with Crippen LogP contribution in [0.4, 0.5) is 0 Å². The van der Waals surface area contributed by atoms with E-state index in [1.165, 1.54) is 4.88 Å². The molecule has 1 aromatic carbocycles. The first-order valence-corrected chi connectivity index (χ1v) is 6.13. The van der Waals surface area contributed by atoms with Crippen molar-refractivity contribution in [3.63, 3.8) is 0 Å². The summed E-state index contributed by atoms with van der Waals surface area (Å²) in [7, 11) is 0. The van der Waals surface area contributed by atoms with Crippen LogP contribution in [0, 0.1) is 0 Å². The third kappa shape index (κ3) is 1.68. The standard InChI is InChI=1S/C13H11NOS/c15-13(9-5-2-1-3-6-9)12-11(14-12)10-7-4-8-16-10/h1-8,11-12,14H. The summed E-state index contributed by atoms with van der Waals surface area (Å²) in [6.07, 6.45) is 0. The Morgan fingerprint density at radius 3 is 2.62 bits per heavy atom. The van der Waals surface area contributed by atoms with Crippen LogP contribution in [0.25, 0.3) is 0 Å². The first-order valence-electron chi connectivity index (χ1n) is 5.25. The zero-order valence-corrected chi connectivity index (χ0v) is 9.41. The van der Waals surface area contributed by atoms with E-state index < -0.39 is 0 Å². The molecule has 0 radical (unpaired) electrons. The molecule has 0 aliphatic carbocycles. The molecule has 0 saturated carbocycles. The van der Waals surface area contributed by atoms with Gasteiger partial charge < -0.3 is 0 Å². The van der Waals surface area contributed by atoms with Gasteiger partial charge in [-0.3, -0.25) is 10.1 Å². The van der Waals surface area contributed by atoms with Gasteiger partial charge in [0.05, 0.1) is 12.1 Å². The molecular formula is C13H11NOS. The minimum atomic E-state index is -0.0268. The lowest BCUT2D eigenvalue weighted by atomic mass is 10.1. The van der Waals surface area contributed by atoms with Gasteiger partial charge in [0, 0.05) is 10.4 Å². The Balaban J connectivity index is 1.76. The summed E-state index contributed by atoms with van der Waals surface area (Å²) in [6, 6.07) is 13.7. The quantitative estimate of drug-likeness (QED) is 0.649. The summed E-state index contributed by atoms with van der Waals surface area (Å²) in [5.74, 6) is 0.194. The second-order valence-corrected chi connectivity index (χ2v) is 4.85. The smallest absolute Gasteiger partial charge is 0.181 e. The fourth-order valence-corrected chi connectivity index (χ4v) is 2.68. The van der Waals surface area contributed by atoms with E-state index in [1.807, 2.05) is 41.8 Å². The number of hydrogen-bond donors (Lipinski definition) is 1. The number of hydrogen-bond acceptors (Lipinski definition) is 3. The summed E-state index contributed by atoms with van der Waals surface area (Å²) in [4.78, 5) is 13.3. The van der Waals surface area contributed by atoms with E-state index in [9.17, 15) is 4.79 Å². The Labute approximate surface area is 97.9 Å². The van der Waals surface area contributed by atoms with Gasteiger partial charge in [0.25, 0.3) is 0 Å². The van der Waals surface area contributed by atoms with Crippen molar-refractivity contribution < 1.29 is 4.79 Å². The van der Waals surface area contributed by atoms with Crippen molar-refractivity contribution in [1.82, 2.24) is 5.32 Å². The topological polar surface area (TPSA) is 39.0 Å². The number of benzene rings is 1. The highest BCUT2D eigenvalue weighted by Crippen LogP contribution is 2.34. The maximum absolute atomic E-state index is 12.1. The highest BCUT2D eigenvalue weighted by Gasteiger charge is 2.43. The predicted octanol–water partition coefficient (Wildman–Crippen LogP) is 2.64. The SMILES string of the molecule is O=C(c1ccccc1)C1NC1c1cccs1. The first kappa shape index (κ1) is 9.75. The van der Waals surface area contributed by atoms with Crippen LogP contribution >= 0.6 is 11.3 Å². The summed E-state index contributed by atoms with van der Waals surface area (Å²) >= 11 is 1.70. The van der Waals surface area contributed by atoms with Gasteiger partial charge in [-0.15, -0.1) is 11.3 Å². The third-order valence-corrected chi connectivity index (χ3v) is 3.73. The average molecular weight is 229 g/mol. The van der Waals surface area contributed by atoms with Crippen LogP contribution in [0.15, 0.2) is 47.8 Å². The van der Waals surface area contributed by atoms with E-state index in [4.69, 9.17) is 0 Å². The number of thiophene rings is 1. The molecule has 2 heterocycles. The molecule has 2 nitrogen and oxygen atoms in total. The maximum Gasteiger partial charge on any atom is 0.181 e. The molecule has 1 aromatic heterocycles. The van der Waals surface area contributed by atoms with Crippen molar-refractivity contribution in [1.29, 1.82) is 0 Å². The molecule has 80 valence electrons. The fraction of sp³-hybridized carbons (Fsp3) is 0.154. The van der Waals surface area contributed by atoms with Crippen LogP contribution in [0.3, 0.4) is 0 Å². The summed E-state index contributed by atoms with van der Waals surface area (Å²) in [6.45, 7) is 0. The van der Waals surface area contributed by atoms with E-state index >= 15 is 0 Å². The molecular weight excluding hydrogens is 218 g/mol. The average Bonchev–Trinajstić information content (AvgIpc) is 2.95. The molecule has 2 aromatic rings. The van der Waals surface area contributed by atoms with E-state index in [0.717, 1.165) is 5.56 Å². The highest BCUT2D eigenvalue weighted by atomic mass is 32.1. The Morgan fingerprint density at radius 2 is 1.94 bits per heavy atom. The summed E-state index contributed by atoms with van der Waals surface area (Å²) in [5.41, 5.74) is 0.791. The van der Waals surface area contributed by atoms with E-state index in [0.29, 0.717) is 0 Å². The fourth-order valence-electron chi connectivity index (χ4n) is 1.86. The lowest BCUT2D eigenvalue weighted by molar-refractivity contribution is 0.0988. The number of carbonyl (C=O) groups excluding carboxylic acids is 1. The second kappa shape index (κ2) is 3.85. The zero-order valence-electron chi connectivity index (χ0n) is 8.59. The number of ketones is 1. The van der Waals surface area contributed by atoms with Crippen LogP contribution < -0.4 is 5.32 Å². The van der Waals surface area contributed by atoms with Crippen LogP contribution in [0.2, 0.25) is 0 Å². The molecule has 16 heavy (non-hydrogen) atoms. The van der Waals surface area contributed by atoms with Crippen molar-refractivity contribution in [2.45, 2.75) is 12.1 Å². The minimum Gasteiger partial charge on any atom is -0.296 e. The van der Waals surface area contributed by atoms with E-state index in [-0.39, 0.29) is 17.9 Å². The Hall–Kier alpha value is -1.45. The Kier molecular flexibility index (Phi) is 2.35. The molecule has 1 N–H and O–H groups in total. The number of nitrogens with one attached hydrogen (secondary N) is 1. The van der Waals surface area contributed by atoms with Gasteiger partial charge in [-0.25, -0.2) is 0 Å². The van der Waals surface area contributed by atoms with Gasteiger partial charge in [-0.05, 0) is 11.4 Å². The van der Waals surface area contributed by atoms with Crippen molar-refractivity contribution >= 4 is 17.1 Å². The molecule has 2 unspecified atom stereocenters. The molecule has 1 fully saturated rings. The van der Waals surface area contributed by atoms with Crippen molar-refractivity contribution in [3.8, 4) is 0 Å². The normalized spacial score (nSPS) is 23.0. The van der Waals surface area contributed by atoms with Gasteiger partial charge in [-0.1, -0.05) is 36.4 Å². The van der Waals surface area contributed by atoms with Crippen molar-refractivity contribution in [3.05, 3.63) is 58.3 Å². The van der Waals surface area contributed by atoms with Gasteiger partial charge in [-0.2, -0.15) is 0 Å². The molecule has 0 bridgehead atoms. The Morgan fingerprint density at radius 1 is 1.12 bits per heavy atom. The lowest BCUT2D eigenvalue weighted by Gasteiger charge is -1.96.